The summed E-state index contributed by atoms with van der Waals surface area (Å²) in [6.45, 7) is -1.36. The van der Waals surface area contributed by atoms with Crippen molar-refractivity contribution >= 4 is 5.91 Å². The zero-order chi connectivity index (χ0) is 25.3. The van der Waals surface area contributed by atoms with E-state index in [-0.39, 0.29) is 11.3 Å². The van der Waals surface area contributed by atoms with E-state index in [0.29, 0.717) is 35.9 Å². The minimum Gasteiger partial charge on any atom is -0.435 e. The number of benzene rings is 1. The highest BCUT2D eigenvalue weighted by atomic mass is 19.3. The van der Waals surface area contributed by atoms with Gasteiger partial charge in [-0.2, -0.15) is 28.9 Å². The minimum atomic E-state index is -3.06. The van der Waals surface area contributed by atoms with Crippen LogP contribution < -0.4 is 10.1 Å². The average Bonchev–Trinajstić information content (AvgIpc) is 3.24. The molecule has 182 valence electrons. The van der Waals surface area contributed by atoms with Crippen LogP contribution in [0.15, 0.2) is 55.4 Å². The number of nitrogens with zero attached hydrogens (tertiary/aromatic N) is 8. The zero-order valence-corrected chi connectivity index (χ0v) is 18.9. The van der Waals surface area contributed by atoms with Crippen molar-refractivity contribution in [3.8, 4) is 23.5 Å². The Morgan fingerprint density at radius 1 is 1.14 bits per heavy atom. The summed E-state index contributed by atoms with van der Waals surface area (Å²) >= 11 is 0. The summed E-state index contributed by atoms with van der Waals surface area (Å²) in [5, 5.41) is 20.7. The van der Waals surface area contributed by atoms with Crippen molar-refractivity contribution in [3.63, 3.8) is 0 Å². The predicted octanol–water partition coefficient (Wildman–Crippen LogP) is 2.89. The van der Waals surface area contributed by atoms with Gasteiger partial charge in [-0.1, -0.05) is 0 Å². The van der Waals surface area contributed by atoms with Gasteiger partial charge in [0.25, 0.3) is 5.91 Å². The Bertz CT molecular complexity index is 1440. The maximum absolute atomic E-state index is 13.1. The number of ether oxygens (including phenoxy) is 1. The summed E-state index contributed by atoms with van der Waals surface area (Å²) < 4.78 is 33.3. The first-order chi connectivity index (χ1) is 17.4. The lowest BCUT2D eigenvalue weighted by molar-refractivity contribution is -0.0499. The number of nitriles is 1. The molecular formula is C23H19F2N9O2. The van der Waals surface area contributed by atoms with Crippen molar-refractivity contribution in [2.45, 2.75) is 37.8 Å². The lowest BCUT2D eigenvalue weighted by atomic mass is 9.95. The molecule has 1 aliphatic carbocycles. The van der Waals surface area contributed by atoms with E-state index in [0.717, 1.165) is 0 Å². The molecule has 1 saturated carbocycles. The summed E-state index contributed by atoms with van der Waals surface area (Å²) in [5.41, 5.74) is -0.233. The van der Waals surface area contributed by atoms with Crippen LogP contribution in [0.4, 0.5) is 8.78 Å². The van der Waals surface area contributed by atoms with Crippen molar-refractivity contribution in [1.29, 1.82) is 5.26 Å². The van der Waals surface area contributed by atoms with E-state index < -0.39 is 24.0 Å². The number of carbonyl (C=O) groups is 1. The molecule has 36 heavy (non-hydrogen) atoms. The number of hydrogen-bond acceptors (Lipinski definition) is 8. The van der Waals surface area contributed by atoms with Crippen molar-refractivity contribution in [3.05, 3.63) is 72.3 Å². The highest BCUT2D eigenvalue weighted by Crippen LogP contribution is 2.48. The first-order valence-electron chi connectivity index (χ1n) is 10.9. The van der Waals surface area contributed by atoms with Gasteiger partial charge in [-0.15, -0.1) is 0 Å². The average molecular weight is 491 g/mol. The molecule has 0 saturated heterocycles. The standard InChI is InChI=1S/C23H19F2N9O2/c1-14(20-29-13-31-34(20)19-10-18(27-12-28-19)33-6-2-5-30-33)32-21(35)15-7-16(23(11-26)3-4-23)9-17(8-15)36-22(24)25/h2,5-10,12-14,22H,3-4H2,1H3,(H,32,35)/t14-/m0/s1. The number of hydrogen-bond donors (Lipinski definition) is 1. The third-order valence-corrected chi connectivity index (χ3v) is 5.81. The number of aromatic nitrogens is 7. The second kappa shape index (κ2) is 9.14. The van der Waals surface area contributed by atoms with E-state index in [1.807, 2.05) is 0 Å². The van der Waals surface area contributed by atoms with Crippen molar-refractivity contribution in [2.24, 2.45) is 0 Å². The van der Waals surface area contributed by atoms with Crippen LogP contribution >= 0.6 is 0 Å². The van der Waals surface area contributed by atoms with Gasteiger partial charge in [-0.3, -0.25) is 4.79 Å². The minimum absolute atomic E-state index is 0.0885. The van der Waals surface area contributed by atoms with Gasteiger partial charge < -0.3 is 10.1 Å². The molecule has 11 nitrogen and oxygen atoms in total. The number of carbonyl (C=O) groups excluding carboxylic acids is 1. The first-order valence-corrected chi connectivity index (χ1v) is 10.9. The van der Waals surface area contributed by atoms with Crippen LogP contribution in [0.3, 0.4) is 0 Å². The molecule has 0 unspecified atom stereocenters. The lowest BCUT2D eigenvalue weighted by Crippen LogP contribution is -2.29. The Labute approximate surface area is 203 Å². The van der Waals surface area contributed by atoms with Crippen LogP contribution in [0.2, 0.25) is 0 Å². The monoisotopic (exact) mass is 491 g/mol. The molecule has 1 amide bonds. The van der Waals surface area contributed by atoms with Gasteiger partial charge in [0.2, 0.25) is 0 Å². The van der Waals surface area contributed by atoms with E-state index in [4.69, 9.17) is 0 Å². The van der Waals surface area contributed by atoms with E-state index in [2.05, 4.69) is 41.3 Å². The maximum Gasteiger partial charge on any atom is 0.387 e. The summed E-state index contributed by atoms with van der Waals surface area (Å²) in [4.78, 5) is 25.8. The van der Waals surface area contributed by atoms with Crippen molar-refractivity contribution in [1.82, 2.24) is 39.8 Å². The second-order valence-electron chi connectivity index (χ2n) is 8.23. The normalized spacial score (nSPS) is 14.8. The molecule has 1 atom stereocenters. The summed E-state index contributed by atoms with van der Waals surface area (Å²) in [7, 11) is 0. The Morgan fingerprint density at radius 2 is 1.94 bits per heavy atom. The van der Waals surface area contributed by atoms with Crippen LogP contribution in [0.1, 0.15) is 47.6 Å². The van der Waals surface area contributed by atoms with Gasteiger partial charge in [-0.05, 0) is 49.6 Å². The fourth-order valence-corrected chi connectivity index (χ4v) is 3.82. The number of nitrogens with one attached hydrogen (secondary N) is 1. The molecule has 1 fully saturated rings. The fourth-order valence-electron chi connectivity index (χ4n) is 3.82. The van der Waals surface area contributed by atoms with Crippen molar-refractivity contribution < 1.29 is 18.3 Å². The second-order valence-corrected chi connectivity index (χ2v) is 8.23. The van der Waals surface area contributed by atoms with Gasteiger partial charge in [-0.25, -0.2) is 19.6 Å². The van der Waals surface area contributed by atoms with Gasteiger partial charge in [0.05, 0.1) is 17.5 Å². The molecule has 3 aromatic heterocycles. The van der Waals surface area contributed by atoms with E-state index in [9.17, 15) is 18.8 Å². The van der Waals surface area contributed by atoms with Crippen LogP contribution in [0.5, 0.6) is 5.75 Å². The maximum atomic E-state index is 13.1. The molecule has 0 radical (unpaired) electrons. The lowest BCUT2D eigenvalue weighted by Gasteiger charge is -2.16. The van der Waals surface area contributed by atoms with E-state index in [1.54, 1.807) is 36.1 Å². The SMILES string of the molecule is C[C@H](NC(=O)c1cc(OC(F)F)cc(C2(C#N)CC2)c1)c1ncnn1-c1cc(-n2cccn2)ncn1. The Balaban J connectivity index is 1.40. The van der Waals surface area contributed by atoms with Gasteiger partial charge >= 0.3 is 6.61 Å². The van der Waals surface area contributed by atoms with Crippen molar-refractivity contribution in [2.75, 3.05) is 0 Å². The largest absolute Gasteiger partial charge is 0.435 e. The Kier molecular flexibility index (Phi) is 5.85. The Hall–Kier alpha value is -4.73. The molecule has 0 spiro atoms. The van der Waals surface area contributed by atoms with Gasteiger partial charge in [0.15, 0.2) is 17.5 Å². The highest BCUT2D eigenvalue weighted by Gasteiger charge is 2.45. The molecule has 1 N–H and O–H groups in total. The topological polar surface area (TPSA) is 136 Å². The van der Waals surface area contributed by atoms with Crippen LogP contribution in [-0.4, -0.2) is 47.0 Å². The number of halogens is 2. The molecule has 1 aliphatic rings. The quantitative estimate of drug-likeness (QED) is 0.397. The Morgan fingerprint density at radius 3 is 2.64 bits per heavy atom. The molecule has 1 aromatic carbocycles. The summed E-state index contributed by atoms with van der Waals surface area (Å²) in [6.07, 6.45) is 7.21. The van der Waals surface area contributed by atoms with E-state index in [1.165, 1.54) is 35.5 Å². The molecule has 5 rings (SSSR count). The third-order valence-electron chi connectivity index (χ3n) is 5.81. The first kappa shape index (κ1) is 23.0. The van der Waals surface area contributed by atoms with Gasteiger partial charge in [0, 0.05) is 24.0 Å². The fraction of sp³-hybridized carbons (Fsp3) is 0.261. The predicted molar refractivity (Wildman–Crippen MR) is 120 cm³/mol. The third kappa shape index (κ3) is 4.48. The summed E-state index contributed by atoms with van der Waals surface area (Å²) in [6, 6.07) is 9.11. The summed E-state index contributed by atoms with van der Waals surface area (Å²) in [5.74, 6) is 0.564. The molecule has 0 bridgehead atoms. The molecule has 13 heteroatoms. The highest BCUT2D eigenvalue weighted by molar-refractivity contribution is 5.95. The molecule has 0 aliphatic heterocycles. The zero-order valence-electron chi connectivity index (χ0n) is 18.9. The smallest absolute Gasteiger partial charge is 0.387 e. The number of amides is 1. The van der Waals surface area contributed by atoms with Crippen LogP contribution in [-0.2, 0) is 5.41 Å². The van der Waals surface area contributed by atoms with Crippen LogP contribution in [0.25, 0.3) is 11.6 Å². The van der Waals surface area contributed by atoms with Gasteiger partial charge in [0.1, 0.15) is 18.4 Å². The number of rotatable bonds is 8. The van der Waals surface area contributed by atoms with E-state index >= 15 is 0 Å². The molecule has 4 aromatic rings. The molecule has 3 heterocycles. The number of alkyl halides is 2. The molecular weight excluding hydrogens is 472 g/mol. The van der Waals surface area contributed by atoms with Crippen LogP contribution in [0, 0.1) is 11.3 Å².